The van der Waals surface area contributed by atoms with E-state index in [0.717, 1.165) is 5.69 Å². The van der Waals surface area contributed by atoms with Gasteiger partial charge in [-0.15, -0.1) is 12.4 Å². The van der Waals surface area contributed by atoms with E-state index in [1.54, 1.807) is 18.2 Å². The summed E-state index contributed by atoms with van der Waals surface area (Å²) in [6.45, 7) is 0. The summed E-state index contributed by atoms with van der Waals surface area (Å²) in [5, 5.41) is 8.44. The minimum Gasteiger partial charge on any atom is -0.481 e. The van der Waals surface area contributed by atoms with Crippen LogP contribution in [0.5, 0.6) is 5.88 Å². The Labute approximate surface area is 88.3 Å². The maximum absolute atomic E-state index is 10.3. The Morgan fingerprint density at radius 1 is 1.57 bits per heavy atom. The standard InChI is InChI=1S/C9H11NO3.ClH/c1-13-8-4-2-3-7(10-8)5-6-9(11)12;/h2-4H,5-6H2,1H3,(H,11,12);1H. The number of carboxylic acid groups (broad SMARTS) is 1. The van der Waals surface area contributed by atoms with Crippen molar-refractivity contribution in [1.29, 1.82) is 0 Å². The fourth-order valence-electron chi connectivity index (χ4n) is 0.946. The molecule has 4 nitrogen and oxygen atoms in total. The van der Waals surface area contributed by atoms with Crippen molar-refractivity contribution in [3.05, 3.63) is 23.9 Å². The first-order chi connectivity index (χ1) is 6.22. The number of carbonyl (C=O) groups is 1. The number of aromatic nitrogens is 1. The summed E-state index contributed by atoms with van der Waals surface area (Å²) >= 11 is 0. The second kappa shape index (κ2) is 6.21. The number of methoxy groups -OCH3 is 1. The zero-order chi connectivity index (χ0) is 9.68. The first-order valence-electron chi connectivity index (χ1n) is 3.94. The minimum absolute atomic E-state index is 0. The topological polar surface area (TPSA) is 59.4 Å². The maximum Gasteiger partial charge on any atom is 0.303 e. The first kappa shape index (κ1) is 12.7. The first-order valence-corrected chi connectivity index (χ1v) is 3.94. The SMILES string of the molecule is COc1cccc(CCC(=O)O)n1.Cl. The van der Waals surface area contributed by atoms with Crippen molar-refractivity contribution in [3.8, 4) is 5.88 Å². The largest absolute Gasteiger partial charge is 0.481 e. The van der Waals surface area contributed by atoms with Crippen molar-refractivity contribution in [2.75, 3.05) is 7.11 Å². The van der Waals surface area contributed by atoms with Crippen molar-refractivity contribution in [2.45, 2.75) is 12.8 Å². The third-order valence-electron chi connectivity index (χ3n) is 1.59. The predicted octanol–water partition coefficient (Wildman–Crippen LogP) is 1.53. The summed E-state index contributed by atoms with van der Waals surface area (Å²) in [4.78, 5) is 14.3. The number of aryl methyl sites for hydroxylation is 1. The zero-order valence-corrected chi connectivity index (χ0v) is 8.58. The molecule has 0 bridgehead atoms. The smallest absolute Gasteiger partial charge is 0.303 e. The summed E-state index contributed by atoms with van der Waals surface area (Å²) in [6, 6.07) is 5.30. The lowest BCUT2D eigenvalue weighted by atomic mass is 10.2. The molecule has 0 fully saturated rings. The number of carboxylic acids is 1. The summed E-state index contributed by atoms with van der Waals surface area (Å²) in [7, 11) is 1.53. The lowest BCUT2D eigenvalue weighted by Gasteiger charge is -2.01. The molecule has 0 saturated carbocycles. The number of hydrogen-bond acceptors (Lipinski definition) is 3. The molecule has 0 amide bonds. The van der Waals surface area contributed by atoms with Gasteiger partial charge < -0.3 is 9.84 Å². The minimum atomic E-state index is -0.815. The van der Waals surface area contributed by atoms with Crippen LogP contribution < -0.4 is 4.74 Å². The van der Waals surface area contributed by atoms with E-state index < -0.39 is 5.97 Å². The average Bonchev–Trinajstić information content (AvgIpc) is 2.15. The van der Waals surface area contributed by atoms with Crippen molar-refractivity contribution < 1.29 is 14.6 Å². The Morgan fingerprint density at radius 3 is 2.86 bits per heavy atom. The molecule has 0 spiro atoms. The second-order valence-corrected chi connectivity index (χ2v) is 2.57. The maximum atomic E-state index is 10.3. The van der Waals surface area contributed by atoms with E-state index in [1.165, 1.54) is 7.11 Å². The number of aliphatic carboxylic acids is 1. The van der Waals surface area contributed by atoms with Crippen LogP contribution in [0.4, 0.5) is 0 Å². The van der Waals surface area contributed by atoms with Gasteiger partial charge in [-0.25, -0.2) is 4.98 Å². The average molecular weight is 218 g/mol. The van der Waals surface area contributed by atoms with E-state index in [0.29, 0.717) is 12.3 Å². The molecule has 1 heterocycles. The molecule has 0 unspecified atom stereocenters. The monoisotopic (exact) mass is 217 g/mol. The van der Waals surface area contributed by atoms with Gasteiger partial charge in [0.2, 0.25) is 5.88 Å². The van der Waals surface area contributed by atoms with Crippen LogP contribution >= 0.6 is 12.4 Å². The van der Waals surface area contributed by atoms with Crippen LogP contribution in [0, 0.1) is 0 Å². The molecular weight excluding hydrogens is 206 g/mol. The molecule has 0 aromatic carbocycles. The fraction of sp³-hybridized carbons (Fsp3) is 0.333. The zero-order valence-electron chi connectivity index (χ0n) is 7.77. The molecule has 5 heteroatoms. The molecule has 0 atom stereocenters. The molecule has 0 saturated heterocycles. The Hall–Kier alpha value is -1.29. The van der Waals surface area contributed by atoms with Gasteiger partial charge in [-0.05, 0) is 6.07 Å². The van der Waals surface area contributed by atoms with Crippen LogP contribution in [-0.2, 0) is 11.2 Å². The lowest BCUT2D eigenvalue weighted by Crippen LogP contribution is -1.99. The van der Waals surface area contributed by atoms with E-state index in [1.807, 2.05) is 0 Å². The van der Waals surface area contributed by atoms with Crippen LogP contribution in [-0.4, -0.2) is 23.2 Å². The van der Waals surface area contributed by atoms with Gasteiger partial charge in [0.25, 0.3) is 0 Å². The molecule has 0 aliphatic rings. The summed E-state index contributed by atoms with van der Waals surface area (Å²) < 4.78 is 4.90. The number of pyridine rings is 1. The molecule has 0 radical (unpaired) electrons. The van der Waals surface area contributed by atoms with Gasteiger partial charge in [-0.1, -0.05) is 6.07 Å². The fourth-order valence-corrected chi connectivity index (χ4v) is 0.946. The Bertz CT molecular complexity index is 304. The van der Waals surface area contributed by atoms with Crippen molar-refractivity contribution >= 4 is 18.4 Å². The lowest BCUT2D eigenvalue weighted by molar-refractivity contribution is -0.136. The van der Waals surface area contributed by atoms with Gasteiger partial charge in [-0.3, -0.25) is 4.79 Å². The second-order valence-electron chi connectivity index (χ2n) is 2.57. The van der Waals surface area contributed by atoms with Crippen molar-refractivity contribution in [2.24, 2.45) is 0 Å². The summed E-state index contributed by atoms with van der Waals surface area (Å²) in [5.41, 5.74) is 0.738. The van der Waals surface area contributed by atoms with Gasteiger partial charge in [0.15, 0.2) is 0 Å². The molecule has 1 N–H and O–H groups in total. The van der Waals surface area contributed by atoms with Crippen LogP contribution in [0.3, 0.4) is 0 Å². The van der Waals surface area contributed by atoms with Crippen LogP contribution in [0.15, 0.2) is 18.2 Å². The van der Waals surface area contributed by atoms with E-state index in [9.17, 15) is 4.79 Å². The van der Waals surface area contributed by atoms with E-state index in [2.05, 4.69) is 4.98 Å². The molecule has 1 rings (SSSR count). The van der Waals surface area contributed by atoms with Gasteiger partial charge in [0.1, 0.15) is 0 Å². The summed E-state index contributed by atoms with van der Waals surface area (Å²) in [5.74, 6) is -0.299. The number of hydrogen-bond donors (Lipinski definition) is 1. The Balaban J connectivity index is 0.00000169. The molecule has 14 heavy (non-hydrogen) atoms. The van der Waals surface area contributed by atoms with Gasteiger partial charge in [0.05, 0.1) is 13.5 Å². The highest BCUT2D eigenvalue weighted by Gasteiger charge is 2.01. The molecule has 0 aliphatic heterocycles. The quantitative estimate of drug-likeness (QED) is 0.831. The van der Waals surface area contributed by atoms with Gasteiger partial charge in [0, 0.05) is 18.2 Å². The third kappa shape index (κ3) is 4.09. The van der Waals surface area contributed by atoms with E-state index >= 15 is 0 Å². The van der Waals surface area contributed by atoms with Crippen molar-refractivity contribution in [3.63, 3.8) is 0 Å². The highest BCUT2D eigenvalue weighted by molar-refractivity contribution is 5.85. The normalized spacial score (nSPS) is 8.93. The molecule has 0 aliphatic carbocycles. The molecule has 78 valence electrons. The van der Waals surface area contributed by atoms with Crippen molar-refractivity contribution in [1.82, 2.24) is 4.98 Å². The number of rotatable bonds is 4. The Morgan fingerprint density at radius 2 is 2.29 bits per heavy atom. The summed E-state index contributed by atoms with van der Waals surface area (Å²) in [6.07, 6.45) is 0.534. The number of ether oxygens (including phenoxy) is 1. The third-order valence-corrected chi connectivity index (χ3v) is 1.59. The highest BCUT2D eigenvalue weighted by Crippen LogP contribution is 2.07. The molecule has 1 aromatic heterocycles. The number of halogens is 1. The molecular formula is C9H12ClNO3. The van der Waals surface area contributed by atoms with Crippen LogP contribution in [0.2, 0.25) is 0 Å². The van der Waals surface area contributed by atoms with Gasteiger partial charge in [-0.2, -0.15) is 0 Å². The molecule has 1 aromatic rings. The Kier molecular flexibility index (Phi) is 5.64. The van der Waals surface area contributed by atoms with Crippen LogP contribution in [0.25, 0.3) is 0 Å². The van der Waals surface area contributed by atoms with Crippen LogP contribution in [0.1, 0.15) is 12.1 Å². The number of nitrogens with zero attached hydrogens (tertiary/aromatic N) is 1. The highest BCUT2D eigenvalue weighted by atomic mass is 35.5. The predicted molar refractivity (Wildman–Crippen MR) is 54.0 cm³/mol. The van der Waals surface area contributed by atoms with E-state index in [4.69, 9.17) is 9.84 Å². The van der Waals surface area contributed by atoms with Gasteiger partial charge >= 0.3 is 5.97 Å². The van der Waals surface area contributed by atoms with E-state index in [-0.39, 0.29) is 18.8 Å².